The number of benzene rings is 6. The van der Waals surface area contributed by atoms with E-state index in [2.05, 4.69) is 4.74 Å². The Hall–Kier alpha value is -11.8. The molecule has 23 nitrogen and oxygen atoms in total. The third-order valence-corrected chi connectivity index (χ3v) is 17.2. The second-order valence-corrected chi connectivity index (χ2v) is 26.8. The van der Waals surface area contributed by atoms with E-state index in [1.807, 2.05) is 140 Å². The van der Waals surface area contributed by atoms with E-state index in [1.54, 1.807) is 32.0 Å². The van der Waals surface area contributed by atoms with Gasteiger partial charge in [0.2, 0.25) is 29.9 Å². The van der Waals surface area contributed by atoms with Crippen LogP contribution in [0, 0.1) is 20.8 Å². The van der Waals surface area contributed by atoms with Crippen molar-refractivity contribution in [2.24, 2.45) is 0 Å². The molecule has 0 bridgehead atoms. The Bertz CT molecular complexity index is 5270. The molecule has 9 aromatic rings. The van der Waals surface area contributed by atoms with Gasteiger partial charge in [0, 0.05) is 53.1 Å². The van der Waals surface area contributed by atoms with Gasteiger partial charge in [0.15, 0.2) is 13.2 Å². The van der Waals surface area contributed by atoms with Crippen LogP contribution in [0.4, 0.5) is 0 Å². The average Bonchev–Trinajstić information content (AvgIpc) is 0.748. The summed E-state index contributed by atoms with van der Waals surface area (Å²) in [6.07, 6.45) is 14.1. The molecule has 6 aromatic carbocycles. The first-order chi connectivity index (χ1) is 50.8. The summed E-state index contributed by atoms with van der Waals surface area (Å²) in [5.41, 5.74) is 11.8. The van der Waals surface area contributed by atoms with Crippen molar-refractivity contribution in [3.63, 3.8) is 0 Å². The number of carboxylic acids is 2. The van der Waals surface area contributed by atoms with Crippen molar-refractivity contribution in [3.8, 4) is 51.7 Å². The maximum Gasteiger partial charge on any atom is 0.341 e. The number of phenols is 3. The monoisotopic (exact) mass is 1490 g/mol. The molecule has 0 fully saturated rings. The zero-order chi connectivity index (χ0) is 78.8. The standard InChI is InChI=1S/C30H34O9.C28H30O9.C26H30O5.CH4/c1-7-36-23-13-25-28(30(37-14-26(32)33)21(23)11-9-18(4)5)29(34)27-20(10-8-17(2)3)19(6)22(12-24(27)39-25)38-16-35-15-31;1-15(2)6-8-18-17(5)20(36-14-34-13-29)10-22-25(18)28(33)26-23(37-22)11-21(35-12-24(30)31)19(27(26)32)9-7-16(3)4;1-7-30-20-13-22-24(25(28)18(20)11-9-15(4)5)26(29)23-17(10-8-14(2)3)16(6)19(27)12-21(23)31-22;/h8-9,12-13,15H,7,10-11,14,16H2,1-6H3,(H,32,33);6-7,10-11,13,32H,8-9,12,14H2,1-5H3,(H,30,31);8-9,12-13,27-28H,7,10-11H2,1-6H3;1H4. The quantitative estimate of drug-likeness (QED) is 0.00918. The normalized spacial score (nSPS) is 10.7. The predicted octanol–water partition coefficient (Wildman–Crippen LogP) is 17.3. The lowest BCUT2D eigenvalue weighted by Crippen LogP contribution is -2.15. The summed E-state index contributed by atoms with van der Waals surface area (Å²) in [5, 5.41) is 52.5. The molecule has 0 aliphatic rings. The molecule has 0 unspecified atom stereocenters. The third-order valence-electron chi connectivity index (χ3n) is 17.2. The topological polar surface area (TPSA) is 334 Å². The molecule has 0 amide bonds. The second kappa shape index (κ2) is 38.5. The molecule has 9 rings (SSSR count). The minimum Gasteiger partial charge on any atom is -0.508 e. The predicted molar refractivity (Wildman–Crippen MR) is 419 cm³/mol. The maximum atomic E-state index is 14.2. The number of phenolic OH excluding ortho intramolecular Hbond substituents is 3. The zero-order valence-corrected chi connectivity index (χ0v) is 63.7. The molecule has 576 valence electrons. The van der Waals surface area contributed by atoms with Gasteiger partial charge in [0.05, 0.1) is 29.4 Å². The molecule has 0 atom stereocenters. The molecule has 3 aromatic heterocycles. The van der Waals surface area contributed by atoms with E-state index in [4.69, 9.17) is 51.5 Å². The van der Waals surface area contributed by atoms with Crippen LogP contribution in [0.2, 0.25) is 0 Å². The van der Waals surface area contributed by atoms with Crippen LogP contribution in [-0.4, -0.2) is 90.4 Å². The summed E-state index contributed by atoms with van der Waals surface area (Å²) in [4.78, 5) is 85.5. The molecule has 0 spiro atoms. The van der Waals surface area contributed by atoms with Crippen LogP contribution in [0.1, 0.15) is 154 Å². The number of carboxylic acid groups (broad SMARTS) is 2. The number of carbonyl (C=O) groups is 4. The van der Waals surface area contributed by atoms with E-state index < -0.39 is 30.6 Å². The van der Waals surface area contributed by atoms with Gasteiger partial charge >= 0.3 is 11.9 Å². The number of hydrogen-bond acceptors (Lipinski definition) is 21. The molecule has 0 saturated heterocycles. The molecular weight excluding hydrogens is 1390 g/mol. The maximum absolute atomic E-state index is 14.2. The lowest BCUT2D eigenvalue weighted by atomic mass is 9.96. The number of rotatable bonds is 30. The van der Waals surface area contributed by atoms with E-state index in [1.165, 1.54) is 18.2 Å². The molecular formula is C85H98O23. The first-order valence-corrected chi connectivity index (χ1v) is 34.7. The van der Waals surface area contributed by atoms with E-state index >= 15 is 0 Å². The largest absolute Gasteiger partial charge is 0.508 e. The summed E-state index contributed by atoms with van der Waals surface area (Å²) < 4.78 is 61.8. The van der Waals surface area contributed by atoms with E-state index in [-0.39, 0.29) is 141 Å². The fraction of sp³-hybridized carbons (Fsp3) is 0.353. The van der Waals surface area contributed by atoms with Gasteiger partial charge in [0.25, 0.3) is 12.9 Å². The van der Waals surface area contributed by atoms with E-state index in [0.717, 1.165) is 33.4 Å². The summed E-state index contributed by atoms with van der Waals surface area (Å²) in [6, 6.07) is 9.27. The third kappa shape index (κ3) is 20.4. The van der Waals surface area contributed by atoms with Crippen molar-refractivity contribution in [1.82, 2.24) is 0 Å². The minimum atomic E-state index is -1.19. The van der Waals surface area contributed by atoms with Gasteiger partial charge in [-0.15, -0.1) is 0 Å². The molecule has 3 heterocycles. The molecule has 108 heavy (non-hydrogen) atoms. The first kappa shape index (κ1) is 85.2. The lowest BCUT2D eigenvalue weighted by molar-refractivity contribution is -0.140. The molecule has 23 heteroatoms. The zero-order valence-electron chi connectivity index (χ0n) is 63.7. The Balaban J connectivity index is 0.000000254. The average molecular weight is 1490 g/mol. The Morgan fingerprint density at radius 3 is 1.01 bits per heavy atom. The number of aliphatic carboxylic acids is 2. The van der Waals surface area contributed by atoms with Crippen LogP contribution >= 0.6 is 0 Å². The van der Waals surface area contributed by atoms with Crippen LogP contribution in [0.15, 0.2) is 134 Å². The summed E-state index contributed by atoms with van der Waals surface area (Å²) >= 11 is 0. The number of fused-ring (bicyclic) bond motifs is 6. The van der Waals surface area contributed by atoms with Crippen molar-refractivity contribution in [2.75, 3.05) is 40.0 Å². The second-order valence-electron chi connectivity index (χ2n) is 26.8. The van der Waals surface area contributed by atoms with Crippen molar-refractivity contribution in [2.45, 2.75) is 164 Å². The number of ether oxygens (including phenoxy) is 8. The molecule has 0 aliphatic heterocycles. The highest BCUT2D eigenvalue weighted by molar-refractivity contribution is 6.00. The Morgan fingerprint density at radius 1 is 0.370 bits per heavy atom. The van der Waals surface area contributed by atoms with Crippen LogP contribution in [-0.2, 0) is 67.2 Å². The van der Waals surface area contributed by atoms with Crippen LogP contribution < -0.4 is 44.7 Å². The van der Waals surface area contributed by atoms with Crippen molar-refractivity contribution in [1.29, 1.82) is 0 Å². The number of hydrogen-bond donors (Lipinski definition) is 5. The Kier molecular flexibility index (Phi) is 30.4. The van der Waals surface area contributed by atoms with Crippen molar-refractivity contribution >= 4 is 90.7 Å². The lowest BCUT2D eigenvalue weighted by Gasteiger charge is -2.18. The smallest absolute Gasteiger partial charge is 0.341 e. The first-order valence-electron chi connectivity index (χ1n) is 34.7. The molecule has 0 aliphatic carbocycles. The van der Waals surface area contributed by atoms with Gasteiger partial charge in [-0.25, -0.2) is 9.59 Å². The Morgan fingerprint density at radius 2 is 0.657 bits per heavy atom. The summed E-state index contributed by atoms with van der Waals surface area (Å²) in [7, 11) is 0. The number of carbonyl (C=O) groups excluding carboxylic acids is 2. The van der Waals surface area contributed by atoms with E-state index in [0.29, 0.717) is 124 Å². The summed E-state index contributed by atoms with van der Waals surface area (Å²) in [5.74, 6) is -0.846. The van der Waals surface area contributed by atoms with Gasteiger partial charge < -0.3 is 76.7 Å². The van der Waals surface area contributed by atoms with Gasteiger partial charge in [-0.05, 0) is 190 Å². The summed E-state index contributed by atoms with van der Waals surface area (Å²) in [6.45, 7) is 31.8. The number of allylic oxidation sites excluding steroid dienone is 12. The molecule has 0 radical (unpaired) electrons. The SMILES string of the molecule is C.CC(C)=CCc1c(OCC(=O)O)cc2oc3cc(OCOC=O)c(C)c(CC=C(C)C)c3c(=O)c2c1O.CCOc1cc2oc3cc(O)c(C)c(CC=C(C)C)c3c(=O)c2c(O)c1CC=C(C)C.CCOc1cc2oc3cc(OCOC=O)c(C)c(CC=C(C)C)c3c(=O)c2c(OCC(=O)O)c1CC=C(C)C. The van der Waals surface area contributed by atoms with Crippen molar-refractivity contribution in [3.05, 3.63) is 187 Å². The molecule has 5 N–H and O–H groups in total. The Labute approximate surface area is 626 Å². The van der Waals surface area contributed by atoms with Crippen LogP contribution in [0.5, 0.6) is 51.7 Å². The number of aromatic hydroxyl groups is 3. The van der Waals surface area contributed by atoms with Crippen molar-refractivity contribution < 1.29 is 95.9 Å². The molecule has 0 saturated carbocycles. The van der Waals surface area contributed by atoms with Crippen LogP contribution in [0.3, 0.4) is 0 Å². The van der Waals surface area contributed by atoms with Gasteiger partial charge in [-0.1, -0.05) is 77.3 Å². The highest BCUT2D eigenvalue weighted by Crippen LogP contribution is 2.44. The highest BCUT2D eigenvalue weighted by Gasteiger charge is 2.28. The minimum absolute atomic E-state index is 0. The van der Waals surface area contributed by atoms with E-state index in [9.17, 15) is 54.0 Å². The fourth-order valence-corrected chi connectivity index (χ4v) is 11.8. The van der Waals surface area contributed by atoms with Gasteiger partial charge in [-0.2, -0.15) is 0 Å². The van der Waals surface area contributed by atoms with Crippen LogP contribution in [0.25, 0.3) is 65.8 Å². The van der Waals surface area contributed by atoms with Gasteiger partial charge in [0.1, 0.15) is 101 Å². The highest BCUT2D eigenvalue weighted by atomic mass is 16.7. The fourth-order valence-electron chi connectivity index (χ4n) is 11.8. The van der Waals surface area contributed by atoms with Gasteiger partial charge in [-0.3, -0.25) is 24.0 Å².